The van der Waals surface area contributed by atoms with E-state index in [2.05, 4.69) is 64.2 Å². The van der Waals surface area contributed by atoms with Gasteiger partial charge in [0.25, 0.3) is 0 Å². The molecular formula is C15H50N2O3Si4. The van der Waals surface area contributed by atoms with E-state index >= 15 is 0 Å². The van der Waals surface area contributed by atoms with E-state index in [4.69, 9.17) is 18.1 Å². The van der Waals surface area contributed by atoms with E-state index in [0.717, 1.165) is 0 Å². The van der Waals surface area contributed by atoms with Crippen LogP contribution >= 0.6 is 0 Å². The lowest BCUT2D eigenvalue weighted by molar-refractivity contribution is 0.321. The predicted molar refractivity (Wildman–Crippen MR) is 123 cm³/mol. The maximum atomic E-state index is 6.46. The molecule has 24 heavy (non-hydrogen) atoms. The molecule has 0 rings (SSSR count). The molecule has 0 bridgehead atoms. The van der Waals surface area contributed by atoms with Crippen LogP contribution in [0.1, 0.15) is 29.7 Å². The molecule has 9 heteroatoms. The molecule has 1 unspecified atom stereocenters. The number of rotatable bonds is 9. The standard InChI is InChI=1S/C11H34N2O3Si4.4CH4/c1-17(2,3)14-19(7,8)16-20(9,11-13-10-12)15-18(4,5)6;;;;/h13H,10-12H2,1-9H3;4*1H4. The number of nitrogens with one attached hydrogen (secondary N) is 1. The zero-order valence-electron chi connectivity index (χ0n) is 14.7. The highest BCUT2D eigenvalue weighted by atomic mass is 28.5. The summed E-state index contributed by atoms with van der Waals surface area (Å²) >= 11 is 0. The van der Waals surface area contributed by atoms with Crippen molar-refractivity contribution in [2.75, 3.05) is 12.8 Å². The van der Waals surface area contributed by atoms with Crippen LogP contribution in [0.25, 0.3) is 0 Å². The van der Waals surface area contributed by atoms with E-state index in [1.54, 1.807) is 0 Å². The van der Waals surface area contributed by atoms with E-state index in [1.165, 1.54) is 0 Å². The van der Waals surface area contributed by atoms with Crippen molar-refractivity contribution in [3.8, 4) is 0 Å². The molecule has 5 nitrogen and oxygen atoms in total. The van der Waals surface area contributed by atoms with Gasteiger partial charge in [-0.3, -0.25) is 0 Å². The molecule has 0 saturated carbocycles. The molecule has 0 spiro atoms. The molecule has 3 N–H and O–H groups in total. The number of nitrogens with two attached hydrogens (primary N) is 1. The summed E-state index contributed by atoms with van der Waals surface area (Å²) in [5.41, 5.74) is 5.56. The average molecular weight is 419 g/mol. The third-order valence-corrected chi connectivity index (χ3v) is 15.3. The summed E-state index contributed by atoms with van der Waals surface area (Å²) in [5.74, 6) is 0. The summed E-state index contributed by atoms with van der Waals surface area (Å²) in [5, 5.41) is 3.19. The van der Waals surface area contributed by atoms with Gasteiger partial charge in [-0.15, -0.1) is 0 Å². The van der Waals surface area contributed by atoms with Crippen molar-refractivity contribution >= 4 is 33.8 Å². The quantitative estimate of drug-likeness (QED) is 0.404. The number of hydrogen-bond donors (Lipinski definition) is 2. The highest BCUT2D eigenvalue weighted by Crippen LogP contribution is 2.23. The van der Waals surface area contributed by atoms with Crippen molar-refractivity contribution in [2.24, 2.45) is 5.73 Å². The second kappa shape index (κ2) is 12.9. The summed E-state index contributed by atoms with van der Waals surface area (Å²) in [6.45, 7) is 20.0. The molecule has 0 saturated heterocycles. The van der Waals surface area contributed by atoms with E-state index < -0.39 is 33.8 Å². The molecule has 0 radical (unpaired) electrons. The zero-order chi connectivity index (χ0) is 16.2. The third kappa shape index (κ3) is 19.0. The molecule has 0 aromatic carbocycles. The maximum absolute atomic E-state index is 6.46. The maximum Gasteiger partial charge on any atom is 0.330 e. The first-order valence-electron chi connectivity index (χ1n) is 7.19. The summed E-state index contributed by atoms with van der Waals surface area (Å²) in [6.07, 6.45) is 0.708. The van der Waals surface area contributed by atoms with E-state index in [1.807, 2.05) is 0 Å². The van der Waals surface area contributed by atoms with Crippen LogP contribution in [0.5, 0.6) is 0 Å². The summed E-state index contributed by atoms with van der Waals surface area (Å²) in [6, 6.07) is 0. The zero-order valence-corrected chi connectivity index (χ0v) is 18.7. The smallest absolute Gasteiger partial charge is 0.330 e. The van der Waals surface area contributed by atoms with Gasteiger partial charge in [-0.25, -0.2) is 0 Å². The van der Waals surface area contributed by atoms with Crippen LogP contribution in [0.4, 0.5) is 0 Å². The van der Waals surface area contributed by atoms with Gasteiger partial charge in [0.05, 0.1) is 0 Å². The highest BCUT2D eigenvalue weighted by Gasteiger charge is 2.44. The topological polar surface area (TPSA) is 65.7 Å². The van der Waals surface area contributed by atoms with Crippen molar-refractivity contribution in [3.63, 3.8) is 0 Å². The molecule has 154 valence electrons. The monoisotopic (exact) mass is 418 g/mol. The molecule has 0 aliphatic rings. The minimum Gasteiger partial charge on any atom is -0.437 e. The second-order valence-electron chi connectivity index (χ2n) is 7.70. The fourth-order valence-electron chi connectivity index (χ4n) is 2.32. The molecule has 0 aliphatic heterocycles. The molecular weight excluding hydrogens is 369 g/mol. The van der Waals surface area contributed by atoms with Crippen molar-refractivity contribution in [1.29, 1.82) is 0 Å². The molecule has 1 atom stereocenters. The minimum atomic E-state index is -2.31. The van der Waals surface area contributed by atoms with Crippen LogP contribution in [-0.2, 0) is 12.3 Å². The molecule has 0 fully saturated rings. The van der Waals surface area contributed by atoms with Crippen LogP contribution in [-0.4, -0.2) is 46.6 Å². The molecule has 0 heterocycles. The fraction of sp³-hybridized carbons (Fsp3) is 1.00. The lowest BCUT2D eigenvalue weighted by atomic mass is 11.1. The van der Waals surface area contributed by atoms with Crippen molar-refractivity contribution in [3.05, 3.63) is 0 Å². The second-order valence-corrected chi connectivity index (χ2v) is 24.0. The lowest BCUT2D eigenvalue weighted by Gasteiger charge is -2.41. The van der Waals surface area contributed by atoms with Crippen molar-refractivity contribution < 1.29 is 12.3 Å². The van der Waals surface area contributed by atoms with Gasteiger partial charge in [0.2, 0.25) is 0 Å². The van der Waals surface area contributed by atoms with Crippen molar-refractivity contribution in [2.45, 2.75) is 88.6 Å². The van der Waals surface area contributed by atoms with Gasteiger partial charge in [-0.2, -0.15) is 0 Å². The average Bonchev–Trinajstić information content (AvgIpc) is 2.05. The normalized spacial score (nSPS) is 14.2. The Balaban J connectivity index is -0.000000301. The van der Waals surface area contributed by atoms with Crippen LogP contribution in [0.3, 0.4) is 0 Å². The minimum absolute atomic E-state index is 0. The Bertz CT molecular complexity index is 308. The first-order chi connectivity index (χ1) is 8.68. The lowest BCUT2D eigenvalue weighted by Crippen LogP contribution is -2.61. The van der Waals surface area contributed by atoms with Gasteiger partial charge >= 0.3 is 17.1 Å². The Morgan fingerprint density at radius 3 is 1.33 bits per heavy atom. The molecule has 0 aromatic heterocycles. The SMILES string of the molecule is C.C.C.C.C[Si](C)(C)O[Si](C)(C)O[Si](C)(CNCN)O[Si](C)(C)C. The molecule has 0 aliphatic carbocycles. The first kappa shape index (κ1) is 35.7. The fourth-order valence-corrected chi connectivity index (χ4v) is 19.8. The van der Waals surface area contributed by atoms with E-state index in [0.29, 0.717) is 12.8 Å². The van der Waals surface area contributed by atoms with E-state index in [-0.39, 0.29) is 29.7 Å². The largest absolute Gasteiger partial charge is 0.437 e. The highest BCUT2D eigenvalue weighted by molar-refractivity contribution is 6.89. The summed E-state index contributed by atoms with van der Waals surface area (Å²) < 4.78 is 19.1. The van der Waals surface area contributed by atoms with Gasteiger partial charge in [-0.1, -0.05) is 29.7 Å². The van der Waals surface area contributed by atoms with Gasteiger partial charge in [0.15, 0.2) is 16.6 Å². The van der Waals surface area contributed by atoms with Crippen LogP contribution < -0.4 is 11.1 Å². The Morgan fingerprint density at radius 1 is 0.667 bits per heavy atom. The Labute approximate surface area is 158 Å². The third-order valence-electron chi connectivity index (χ3n) is 2.13. The molecule has 0 amide bonds. The summed E-state index contributed by atoms with van der Waals surface area (Å²) in [4.78, 5) is 0. The van der Waals surface area contributed by atoms with Gasteiger partial charge < -0.3 is 23.4 Å². The predicted octanol–water partition coefficient (Wildman–Crippen LogP) is 5.07. The Hall–Kier alpha value is 0.668. The van der Waals surface area contributed by atoms with E-state index in [9.17, 15) is 0 Å². The summed E-state index contributed by atoms with van der Waals surface area (Å²) in [7, 11) is -7.78. The first-order valence-corrected chi connectivity index (χ1v) is 19.4. The number of hydrogen-bond acceptors (Lipinski definition) is 5. The van der Waals surface area contributed by atoms with Gasteiger partial charge in [0.1, 0.15) is 0 Å². The van der Waals surface area contributed by atoms with Crippen LogP contribution in [0, 0.1) is 0 Å². The van der Waals surface area contributed by atoms with Crippen LogP contribution in [0.15, 0.2) is 0 Å². The van der Waals surface area contributed by atoms with Gasteiger partial charge in [-0.05, 0) is 58.9 Å². The van der Waals surface area contributed by atoms with Gasteiger partial charge in [0, 0.05) is 12.8 Å². The van der Waals surface area contributed by atoms with Crippen molar-refractivity contribution in [1.82, 2.24) is 5.32 Å². The Kier molecular flexibility index (Phi) is 19.2. The van der Waals surface area contributed by atoms with Crippen LogP contribution in [0.2, 0.25) is 58.9 Å². The Morgan fingerprint density at radius 2 is 1.04 bits per heavy atom. The molecule has 0 aromatic rings.